The van der Waals surface area contributed by atoms with Crippen molar-refractivity contribution in [1.29, 1.82) is 0 Å². The molecule has 3 rings (SSSR count). The van der Waals surface area contributed by atoms with Crippen LogP contribution in [0, 0.1) is 11.3 Å². The maximum absolute atomic E-state index is 11.4. The SMILES string of the molecule is CC1CC1c1ccc(CN2CCCC(C)(C(=O)O)C2)o1. The van der Waals surface area contributed by atoms with Crippen molar-refractivity contribution in [3.8, 4) is 0 Å². The number of hydrogen-bond donors (Lipinski definition) is 1. The molecule has 1 aliphatic carbocycles. The summed E-state index contributed by atoms with van der Waals surface area (Å²) in [4.78, 5) is 13.6. The number of hydrogen-bond acceptors (Lipinski definition) is 3. The van der Waals surface area contributed by atoms with Gasteiger partial charge in [-0.15, -0.1) is 0 Å². The standard InChI is InChI=1S/C16H23NO3/c1-11-8-13(11)14-5-4-12(20-14)9-17-7-3-6-16(2,10-17)15(18)19/h4-5,11,13H,3,6-10H2,1-2H3,(H,18,19). The van der Waals surface area contributed by atoms with Crippen LogP contribution in [-0.2, 0) is 11.3 Å². The third kappa shape index (κ3) is 2.62. The van der Waals surface area contributed by atoms with Crippen molar-refractivity contribution in [2.24, 2.45) is 11.3 Å². The van der Waals surface area contributed by atoms with E-state index >= 15 is 0 Å². The molecule has 0 spiro atoms. The summed E-state index contributed by atoms with van der Waals surface area (Å²) < 4.78 is 5.92. The minimum Gasteiger partial charge on any atom is -0.481 e. The van der Waals surface area contributed by atoms with Crippen molar-refractivity contribution in [3.05, 3.63) is 23.7 Å². The van der Waals surface area contributed by atoms with E-state index in [1.165, 1.54) is 6.42 Å². The second kappa shape index (κ2) is 4.92. The molecule has 4 heteroatoms. The van der Waals surface area contributed by atoms with Gasteiger partial charge in [0.25, 0.3) is 0 Å². The average molecular weight is 277 g/mol. The molecule has 1 saturated carbocycles. The highest BCUT2D eigenvalue weighted by Gasteiger charge is 2.39. The highest BCUT2D eigenvalue weighted by atomic mass is 16.4. The molecular weight excluding hydrogens is 254 g/mol. The third-order valence-electron chi connectivity index (χ3n) is 4.83. The maximum atomic E-state index is 11.4. The lowest BCUT2D eigenvalue weighted by Gasteiger charge is -2.37. The van der Waals surface area contributed by atoms with Crippen molar-refractivity contribution in [1.82, 2.24) is 4.90 Å². The molecule has 3 unspecified atom stereocenters. The number of piperidine rings is 1. The lowest BCUT2D eigenvalue weighted by Crippen LogP contribution is -2.45. The molecule has 0 bridgehead atoms. The highest BCUT2D eigenvalue weighted by molar-refractivity contribution is 5.74. The number of furan rings is 1. The monoisotopic (exact) mass is 277 g/mol. The van der Waals surface area contributed by atoms with Gasteiger partial charge in [0, 0.05) is 12.5 Å². The van der Waals surface area contributed by atoms with E-state index in [4.69, 9.17) is 4.42 Å². The molecule has 1 saturated heterocycles. The van der Waals surface area contributed by atoms with E-state index in [9.17, 15) is 9.90 Å². The van der Waals surface area contributed by atoms with Crippen LogP contribution in [0.4, 0.5) is 0 Å². The molecular formula is C16H23NO3. The number of likely N-dealkylation sites (tertiary alicyclic amines) is 1. The summed E-state index contributed by atoms with van der Waals surface area (Å²) in [7, 11) is 0. The number of aliphatic carboxylic acids is 1. The Morgan fingerprint density at radius 2 is 2.30 bits per heavy atom. The van der Waals surface area contributed by atoms with Gasteiger partial charge in [0.2, 0.25) is 0 Å². The van der Waals surface area contributed by atoms with E-state index in [2.05, 4.69) is 17.9 Å². The van der Waals surface area contributed by atoms with Crippen LogP contribution in [0.3, 0.4) is 0 Å². The summed E-state index contributed by atoms with van der Waals surface area (Å²) in [5, 5.41) is 9.35. The fourth-order valence-electron chi connectivity index (χ4n) is 3.27. The molecule has 2 heterocycles. The van der Waals surface area contributed by atoms with E-state index < -0.39 is 11.4 Å². The Morgan fingerprint density at radius 3 is 2.95 bits per heavy atom. The summed E-state index contributed by atoms with van der Waals surface area (Å²) >= 11 is 0. The van der Waals surface area contributed by atoms with Crippen LogP contribution in [0.25, 0.3) is 0 Å². The predicted molar refractivity (Wildman–Crippen MR) is 75.5 cm³/mol. The molecule has 2 aliphatic rings. The van der Waals surface area contributed by atoms with Crippen LogP contribution >= 0.6 is 0 Å². The molecule has 3 atom stereocenters. The topological polar surface area (TPSA) is 53.7 Å². The van der Waals surface area contributed by atoms with E-state index in [-0.39, 0.29) is 0 Å². The second-order valence-corrected chi connectivity index (χ2v) is 6.80. The van der Waals surface area contributed by atoms with Crippen LogP contribution in [0.15, 0.2) is 16.5 Å². The third-order valence-corrected chi connectivity index (χ3v) is 4.83. The summed E-state index contributed by atoms with van der Waals surface area (Å²) in [5.74, 6) is 2.74. The van der Waals surface area contributed by atoms with E-state index in [1.807, 2.05) is 13.0 Å². The summed E-state index contributed by atoms with van der Waals surface area (Å²) in [5.41, 5.74) is -0.612. The normalized spacial score (nSPS) is 34.1. The van der Waals surface area contributed by atoms with Crippen LogP contribution in [0.2, 0.25) is 0 Å². The molecule has 2 fully saturated rings. The lowest BCUT2D eigenvalue weighted by molar-refractivity contribution is -0.151. The van der Waals surface area contributed by atoms with Crippen molar-refractivity contribution in [2.75, 3.05) is 13.1 Å². The highest BCUT2D eigenvalue weighted by Crippen LogP contribution is 2.47. The van der Waals surface area contributed by atoms with Crippen LogP contribution in [-0.4, -0.2) is 29.1 Å². The number of carboxylic acid groups (broad SMARTS) is 1. The minimum atomic E-state index is -0.686. The molecule has 1 N–H and O–H groups in total. The maximum Gasteiger partial charge on any atom is 0.310 e. The van der Waals surface area contributed by atoms with Gasteiger partial charge in [-0.3, -0.25) is 9.69 Å². The number of nitrogens with zero attached hydrogens (tertiary/aromatic N) is 1. The number of rotatable bonds is 4. The molecule has 1 aromatic heterocycles. The Hall–Kier alpha value is -1.29. The van der Waals surface area contributed by atoms with Crippen LogP contribution < -0.4 is 0 Å². The van der Waals surface area contributed by atoms with Gasteiger partial charge in [0.15, 0.2) is 0 Å². The van der Waals surface area contributed by atoms with E-state index in [0.29, 0.717) is 12.5 Å². The molecule has 0 amide bonds. The van der Waals surface area contributed by atoms with Gasteiger partial charge < -0.3 is 9.52 Å². The lowest BCUT2D eigenvalue weighted by atomic mass is 9.82. The van der Waals surface area contributed by atoms with Crippen molar-refractivity contribution < 1.29 is 14.3 Å². The molecule has 0 radical (unpaired) electrons. The zero-order valence-corrected chi connectivity index (χ0v) is 12.3. The average Bonchev–Trinajstić information content (AvgIpc) is 2.94. The van der Waals surface area contributed by atoms with Crippen LogP contribution in [0.5, 0.6) is 0 Å². The Morgan fingerprint density at radius 1 is 1.55 bits per heavy atom. The molecule has 110 valence electrons. The van der Waals surface area contributed by atoms with Gasteiger partial charge in [-0.2, -0.15) is 0 Å². The number of carboxylic acids is 1. The summed E-state index contributed by atoms with van der Waals surface area (Å²) in [6, 6.07) is 4.14. The molecule has 4 nitrogen and oxygen atoms in total. The number of carbonyl (C=O) groups is 1. The zero-order chi connectivity index (χ0) is 14.3. The molecule has 20 heavy (non-hydrogen) atoms. The van der Waals surface area contributed by atoms with Crippen LogP contribution in [0.1, 0.15) is 50.5 Å². The fraction of sp³-hybridized carbons (Fsp3) is 0.688. The van der Waals surface area contributed by atoms with Gasteiger partial charge in [0.1, 0.15) is 11.5 Å². The molecule has 0 aromatic carbocycles. The first-order valence-corrected chi connectivity index (χ1v) is 7.52. The second-order valence-electron chi connectivity index (χ2n) is 6.80. The van der Waals surface area contributed by atoms with Gasteiger partial charge in [-0.1, -0.05) is 6.92 Å². The van der Waals surface area contributed by atoms with Crippen molar-refractivity contribution in [3.63, 3.8) is 0 Å². The fourth-order valence-corrected chi connectivity index (χ4v) is 3.27. The van der Waals surface area contributed by atoms with Gasteiger partial charge in [-0.25, -0.2) is 0 Å². The van der Waals surface area contributed by atoms with Crippen molar-refractivity contribution >= 4 is 5.97 Å². The smallest absolute Gasteiger partial charge is 0.310 e. The Labute approximate surface area is 119 Å². The first-order valence-electron chi connectivity index (χ1n) is 7.52. The van der Waals surface area contributed by atoms with Gasteiger partial charge in [-0.05, 0) is 50.8 Å². The van der Waals surface area contributed by atoms with Gasteiger partial charge in [0.05, 0.1) is 12.0 Å². The zero-order valence-electron chi connectivity index (χ0n) is 12.3. The quantitative estimate of drug-likeness (QED) is 0.919. The first kappa shape index (κ1) is 13.7. The first-order chi connectivity index (χ1) is 9.48. The van der Waals surface area contributed by atoms with E-state index in [1.54, 1.807) is 0 Å². The minimum absolute atomic E-state index is 0.606. The summed E-state index contributed by atoms with van der Waals surface area (Å²) in [6.07, 6.45) is 2.94. The molecule has 1 aromatic rings. The molecule has 1 aliphatic heterocycles. The Kier molecular flexibility index (Phi) is 3.36. The Bertz CT molecular complexity index is 510. The summed E-state index contributed by atoms with van der Waals surface area (Å²) in [6.45, 7) is 6.39. The van der Waals surface area contributed by atoms with Crippen molar-refractivity contribution in [2.45, 2.75) is 45.6 Å². The van der Waals surface area contributed by atoms with Gasteiger partial charge >= 0.3 is 5.97 Å². The Balaban J connectivity index is 1.62. The predicted octanol–water partition coefficient (Wildman–Crippen LogP) is 3.09. The largest absolute Gasteiger partial charge is 0.481 e. The van der Waals surface area contributed by atoms with E-state index in [0.717, 1.165) is 43.4 Å².